The van der Waals surface area contributed by atoms with Gasteiger partial charge < -0.3 is 4.74 Å². The highest BCUT2D eigenvalue weighted by molar-refractivity contribution is 5.38. The molecule has 0 unspecified atom stereocenters. The average Bonchev–Trinajstić information content (AvgIpc) is 2.19. The van der Waals surface area contributed by atoms with Crippen LogP contribution in [0, 0.1) is 0 Å². The van der Waals surface area contributed by atoms with Gasteiger partial charge >= 0.3 is 6.47 Å². The molecule has 0 N–H and O–H groups in total. The lowest BCUT2D eigenvalue weighted by molar-refractivity contribution is 0.153. The second-order valence-corrected chi connectivity index (χ2v) is 3.52. The summed E-state index contributed by atoms with van der Waals surface area (Å²) < 4.78 is 4.87. The quantitative estimate of drug-likeness (QED) is 0.635. The second-order valence-electron chi connectivity index (χ2n) is 3.52. The van der Waals surface area contributed by atoms with Gasteiger partial charge in [-0.15, -0.1) is 0 Å². The molecule has 0 amide bonds. The third-order valence-electron chi connectivity index (χ3n) is 2.52. The molecule has 0 aromatic rings. The number of hydrogen-bond acceptors (Lipinski definition) is 2. The van der Waals surface area contributed by atoms with Crippen molar-refractivity contribution in [1.29, 1.82) is 0 Å². The van der Waals surface area contributed by atoms with Crippen LogP contribution in [-0.4, -0.2) is 12.6 Å². The molecule has 0 bridgehead atoms. The SMILES string of the molecule is O=[C]OC1CCCCCCCC1. The normalized spacial score (nSPS) is 22.0. The van der Waals surface area contributed by atoms with Crippen LogP contribution < -0.4 is 0 Å². The number of rotatable bonds is 2. The number of carbonyl (C=O) groups excluding carboxylic acids is 1. The van der Waals surface area contributed by atoms with Crippen LogP contribution in [0.1, 0.15) is 51.4 Å². The highest BCUT2D eigenvalue weighted by Gasteiger charge is 2.10. The Labute approximate surface area is 74.3 Å². The lowest BCUT2D eigenvalue weighted by Gasteiger charge is -2.11. The Morgan fingerprint density at radius 1 is 0.917 bits per heavy atom. The lowest BCUT2D eigenvalue weighted by Crippen LogP contribution is -2.11. The molecule has 69 valence electrons. The van der Waals surface area contributed by atoms with Crippen LogP contribution in [0.25, 0.3) is 0 Å². The largest absolute Gasteiger partial charge is 0.454 e. The van der Waals surface area contributed by atoms with Crippen molar-refractivity contribution in [3.63, 3.8) is 0 Å². The molecular weight excluding hydrogens is 152 g/mol. The molecule has 1 radical (unpaired) electrons. The zero-order valence-corrected chi connectivity index (χ0v) is 7.55. The maximum absolute atomic E-state index is 10.0. The minimum absolute atomic E-state index is 0.153. The monoisotopic (exact) mass is 169 g/mol. The highest BCUT2D eigenvalue weighted by atomic mass is 16.5. The fraction of sp³-hybridized carbons (Fsp3) is 0.900. The van der Waals surface area contributed by atoms with Crippen molar-refractivity contribution >= 4 is 6.47 Å². The molecule has 2 heteroatoms. The third kappa shape index (κ3) is 3.74. The van der Waals surface area contributed by atoms with Crippen molar-refractivity contribution in [3.8, 4) is 0 Å². The molecular formula is C10H17O2. The van der Waals surface area contributed by atoms with Crippen molar-refractivity contribution < 1.29 is 9.53 Å². The van der Waals surface area contributed by atoms with Gasteiger partial charge in [0, 0.05) is 0 Å². The molecule has 12 heavy (non-hydrogen) atoms. The molecule has 0 aromatic heterocycles. The van der Waals surface area contributed by atoms with E-state index < -0.39 is 0 Å². The van der Waals surface area contributed by atoms with Gasteiger partial charge in [0.1, 0.15) is 6.10 Å². The van der Waals surface area contributed by atoms with Crippen LogP contribution in [0.5, 0.6) is 0 Å². The van der Waals surface area contributed by atoms with E-state index in [2.05, 4.69) is 0 Å². The maximum Gasteiger partial charge on any atom is 0.417 e. The van der Waals surface area contributed by atoms with E-state index in [0.29, 0.717) is 0 Å². The average molecular weight is 169 g/mol. The minimum Gasteiger partial charge on any atom is -0.454 e. The van der Waals surface area contributed by atoms with E-state index in [-0.39, 0.29) is 6.10 Å². The molecule has 0 aromatic carbocycles. The summed E-state index contributed by atoms with van der Waals surface area (Å²) in [5.41, 5.74) is 0. The molecule has 1 aliphatic carbocycles. The van der Waals surface area contributed by atoms with E-state index in [1.807, 2.05) is 0 Å². The molecule has 1 saturated carbocycles. The molecule has 0 heterocycles. The maximum atomic E-state index is 10.0. The molecule has 1 rings (SSSR count). The zero-order chi connectivity index (χ0) is 8.65. The van der Waals surface area contributed by atoms with Crippen molar-refractivity contribution in [3.05, 3.63) is 0 Å². The van der Waals surface area contributed by atoms with Crippen LogP contribution in [0.3, 0.4) is 0 Å². The smallest absolute Gasteiger partial charge is 0.417 e. The van der Waals surface area contributed by atoms with Gasteiger partial charge in [-0.05, 0) is 25.7 Å². The first-order valence-electron chi connectivity index (χ1n) is 4.96. The summed E-state index contributed by atoms with van der Waals surface area (Å²) in [6.07, 6.45) is 9.90. The summed E-state index contributed by atoms with van der Waals surface area (Å²) in [4.78, 5) is 10.0. The molecule has 0 atom stereocenters. The molecule has 0 saturated heterocycles. The van der Waals surface area contributed by atoms with E-state index >= 15 is 0 Å². The van der Waals surface area contributed by atoms with E-state index in [9.17, 15) is 4.79 Å². The van der Waals surface area contributed by atoms with Crippen LogP contribution in [0.15, 0.2) is 0 Å². The second kappa shape index (κ2) is 6.04. The summed E-state index contributed by atoms with van der Waals surface area (Å²) in [7, 11) is 0. The summed E-state index contributed by atoms with van der Waals surface area (Å²) >= 11 is 0. The molecule has 1 aliphatic rings. The van der Waals surface area contributed by atoms with Crippen LogP contribution in [-0.2, 0) is 9.53 Å². The molecule has 0 spiro atoms. The van der Waals surface area contributed by atoms with Gasteiger partial charge in [0.15, 0.2) is 0 Å². The van der Waals surface area contributed by atoms with Crippen LogP contribution in [0.4, 0.5) is 0 Å². The summed E-state index contributed by atoms with van der Waals surface area (Å²) in [6, 6.07) is 0. The van der Waals surface area contributed by atoms with Gasteiger partial charge in [0.25, 0.3) is 0 Å². The topological polar surface area (TPSA) is 26.3 Å². The van der Waals surface area contributed by atoms with Gasteiger partial charge in [-0.2, -0.15) is 0 Å². The Morgan fingerprint density at radius 3 is 1.92 bits per heavy atom. The summed E-state index contributed by atoms with van der Waals surface area (Å²) in [5, 5.41) is 0. The Hall–Kier alpha value is -0.530. The Morgan fingerprint density at radius 2 is 1.42 bits per heavy atom. The van der Waals surface area contributed by atoms with Gasteiger partial charge in [-0.1, -0.05) is 25.7 Å². The van der Waals surface area contributed by atoms with Crippen molar-refractivity contribution in [2.24, 2.45) is 0 Å². The number of ether oxygens (including phenoxy) is 1. The van der Waals surface area contributed by atoms with Crippen molar-refractivity contribution in [1.82, 2.24) is 0 Å². The highest BCUT2D eigenvalue weighted by Crippen LogP contribution is 2.18. The summed E-state index contributed by atoms with van der Waals surface area (Å²) in [6.45, 7) is 1.56. The van der Waals surface area contributed by atoms with E-state index in [1.165, 1.54) is 38.5 Å². The summed E-state index contributed by atoms with van der Waals surface area (Å²) in [5.74, 6) is 0. The Balaban J connectivity index is 2.23. The van der Waals surface area contributed by atoms with E-state index in [4.69, 9.17) is 4.74 Å². The van der Waals surface area contributed by atoms with Crippen LogP contribution >= 0.6 is 0 Å². The zero-order valence-electron chi connectivity index (χ0n) is 7.55. The molecule has 2 nitrogen and oxygen atoms in total. The first-order valence-corrected chi connectivity index (χ1v) is 4.96. The first kappa shape index (κ1) is 9.56. The Kier molecular flexibility index (Phi) is 4.81. The number of hydrogen-bond donors (Lipinski definition) is 0. The fourth-order valence-electron chi connectivity index (χ4n) is 1.78. The van der Waals surface area contributed by atoms with Crippen LogP contribution in [0.2, 0.25) is 0 Å². The third-order valence-corrected chi connectivity index (χ3v) is 2.52. The lowest BCUT2D eigenvalue weighted by atomic mass is 10.1. The minimum atomic E-state index is 0.153. The van der Waals surface area contributed by atoms with E-state index in [0.717, 1.165) is 12.8 Å². The van der Waals surface area contributed by atoms with Gasteiger partial charge in [-0.25, -0.2) is 4.79 Å². The van der Waals surface area contributed by atoms with Gasteiger partial charge in [0.2, 0.25) is 0 Å². The fourth-order valence-corrected chi connectivity index (χ4v) is 1.78. The Bertz CT molecular complexity index is 113. The first-order chi connectivity index (χ1) is 5.93. The van der Waals surface area contributed by atoms with Gasteiger partial charge in [0.05, 0.1) is 0 Å². The predicted molar refractivity (Wildman–Crippen MR) is 47.5 cm³/mol. The molecule has 0 aliphatic heterocycles. The standard InChI is InChI=1S/C10H17O2/c11-9-12-10-7-5-3-1-2-4-6-8-10/h10H,1-8H2. The van der Waals surface area contributed by atoms with Gasteiger partial charge in [-0.3, -0.25) is 0 Å². The predicted octanol–water partition coefficient (Wildman–Crippen LogP) is 2.57. The molecule has 1 fully saturated rings. The van der Waals surface area contributed by atoms with E-state index in [1.54, 1.807) is 6.47 Å². The van der Waals surface area contributed by atoms with Crippen molar-refractivity contribution in [2.75, 3.05) is 0 Å². The van der Waals surface area contributed by atoms with Crippen molar-refractivity contribution in [2.45, 2.75) is 57.5 Å².